The molecule has 218 valence electrons. The van der Waals surface area contributed by atoms with E-state index in [1.54, 1.807) is 0 Å². The molecule has 0 aromatic rings. The molecule has 0 aromatic carbocycles. The number of aliphatic hydroxyl groups is 2. The number of rotatable bonds is 22. The van der Waals surface area contributed by atoms with Crippen molar-refractivity contribution in [2.45, 2.75) is 117 Å². The van der Waals surface area contributed by atoms with Gasteiger partial charge < -0.3 is 36.1 Å². The molecule has 0 radical (unpaired) electrons. The molecule has 0 saturated carbocycles. The molecule has 0 saturated heterocycles. The minimum Gasteiger partial charge on any atom is -0.437 e. The fourth-order valence-electron chi connectivity index (χ4n) is 4.34. The van der Waals surface area contributed by atoms with Gasteiger partial charge in [-0.05, 0) is 84.4 Å². The van der Waals surface area contributed by atoms with Crippen LogP contribution in [0.15, 0.2) is 0 Å². The summed E-state index contributed by atoms with van der Waals surface area (Å²) in [4.78, 5) is 0. The molecule has 3 unspecified atom stereocenters. The van der Waals surface area contributed by atoms with Crippen LogP contribution in [0.5, 0.6) is 0 Å². The van der Waals surface area contributed by atoms with Crippen molar-refractivity contribution in [1.82, 2.24) is 0 Å². The van der Waals surface area contributed by atoms with Crippen LogP contribution < -0.4 is 0 Å². The number of hydrogen-bond donors (Lipinski definition) is 2. The van der Waals surface area contributed by atoms with Gasteiger partial charge in [-0.1, -0.05) is 26.2 Å². The zero-order chi connectivity index (χ0) is 28.1. The van der Waals surface area contributed by atoms with Crippen molar-refractivity contribution in [3.8, 4) is 0 Å². The van der Waals surface area contributed by atoms with E-state index in [2.05, 4.69) is 65.8 Å². The Bertz CT molecular complexity index is 588. The van der Waals surface area contributed by atoms with Gasteiger partial charge >= 0.3 is 25.7 Å². The van der Waals surface area contributed by atoms with Gasteiger partial charge in [-0.3, -0.25) is 0 Å². The summed E-state index contributed by atoms with van der Waals surface area (Å²) in [6, 6.07) is 0.770. The highest BCUT2D eigenvalue weighted by molar-refractivity contribution is 6.90. The summed E-state index contributed by atoms with van der Waals surface area (Å²) in [5.41, 5.74) is 0. The second-order valence-corrected chi connectivity index (χ2v) is 32.2. The molecule has 13 heteroatoms. The van der Waals surface area contributed by atoms with E-state index in [9.17, 15) is 10.2 Å². The topological polar surface area (TPSA) is 95.8 Å². The summed E-state index contributed by atoms with van der Waals surface area (Å²) in [6.07, 6.45) is 4.82. The monoisotopic (exact) mass is 602 g/mol. The van der Waals surface area contributed by atoms with Crippen LogP contribution in [0.1, 0.15) is 39.0 Å². The molecule has 0 aromatic heterocycles. The van der Waals surface area contributed by atoms with Crippen LogP contribution >= 0.6 is 0 Å². The second-order valence-electron chi connectivity index (χ2n) is 12.4. The van der Waals surface area contributed by atoms with Gasteiger partial charge in [0.2, 0.25) is 0 Å². The molecule has 0 aliphatic heterocycles. The summed E-state index contributed by atoms with van der Waals surface area (Å²) in [5.74, 6) is 0. The minimum atomic E-state index is -2.86. The third kappa shape index (κ3) is 19.8. The maximum atomic E-state index is 10.1. The van der Waals surface area contributed by atoms with Gasteiger partial charge in [-0.2, -0.15) is 0 Å². The fraction of sp³-hybridized carbons (Fsp3) is 1.00. The van der Waals surface area contributed by atoms with Crippen molar-refractivity contribution in [3.63, 3.8) is 0 Å². The zero-order valence-electron chi connectivity index (χ0n) is 25.2. The molecule has 0 heterocycles. The molecule has 0 spiro atoms. The molecular weight excluding hydrogens is 545 g/mol. The van der Waals surface area contributed by atoms with E-state index in [-0.39, 0.29) is 13.2 Å². The molecule has 0 amide bonds. The third-order valence-electron chi connectivity index (χ3n) is 4.94. The van der Waals surface area contributed by atoms with Gasteiger partial charge in [0.1, 0.15) is 0 Å². The fourth-order valence-corrected chi connectivity index (χ4v) is 27.4. The Hall–Kier alpha value is 0.764. The Morgan fingerprint density at radius 2 is 1.28 bits per heavy atom. The predicted molar refractivity (Wildman–Crippen MR) is 160 cm³/mol. The normalized spacial score (nSPS) is 17.6. The maximum Gasteiger partial charge on any atom is 0.344 e. The van der Waals surface area contributed by atoms with Crippen LogP contribution in [0.25, 0.3) is 0 Å². The van der Waals surface area contributed by atoms with E-state index in [1.807, 2.05) is 6.55 Å². The molecular formula is C23H58O8Si5. The SMILES string of the molecule is CCCCCC(O)COCCC[Si](C)(O[Si](C)(C)C)O[Si](C)(COCCO)O[Si](C)(C)O[Si](C)(C)C. The lowest BCUT2D eigenvalue weighted by molar-refractivity contribution is 0.0312. The molecule has 0 bridgehead atoms. The molecule has 2 N–H and O–H groups in total. The Morgan fingerprint density at radius 3 is 1.81 bits per heavy atom. The van der Waals surface area contributed by atoms with Gasteiger partial charge in [-0.15, -0.1) is 0 Å². The predicted octanol–water partition coefficient (Wildman–Crippen LogP) is 5.46. The first-order chi connectivity index (χ1) is 16.3. The molecule has 0 fully saturated rings. The van der Waals surface area contributed by atoms with Crippen molar-refractivity contribution >= 4 is 42.3 Å². The minimum absolute atomic E-state index is 0.0432. The smallest absolute Gasteiger partial charge is 0.344 e. The van der Waals surface area contributed by atoms with Crippen molar-refractivity contribution in [2.75, 3.05) is 32.7 Å². The third-order valence-corrected chi connectivity index (χ3v) is 22.7. The van der Waals surface area contributed by atoms with Crippen LogP contribution in [-0.2, 0) is 25.9 Å². The molecule has 3 atom stereocenters. The molecule has 0 aliphatic rings. The van der Waals surface area contributed by atoms with Crippen molar-refractivity contribution in [1.29, 1.82) is 0 Å². The van der Waals surface area contributed by atoms with E-state index in [1.165, 1.54) is 0 Å². The van der Waals surface area contributed by atoms with Crippen LogP contribution in [0, 0.1) is 0 Å². The van der Waals surface area contributed by atoms with Gasteiger partial charge in [0, 0.05) is 6.61 Å². The van der Waals surface area contributed by atoms with Gasteiger partial charge in [0.15, 0.2) is 16.6 Å². The first kappa shape index (κ1) is 36.8. The van der Waals surface area contributed by atoms with Gasteiger partial charge in [0.25, 0.3) is 0 Å². The number of hydrogen-bond acceptors (Lipinski definition) is 8. The first-order valence-corrected chi connectivity index (χ1v) is 28.3. The lowest BCUT2D eigenvalue weighted by atomic mass is 10.1. The number of unbranched alkanes of at least 4 members (excludes halogenated alkanes) is 2. The number of aliphatic hydroxyl groups excluding tert-OH is 2. The highest BCUT2D eigenvalue weighted by Gasteiger charge is 2.49. The summed E-state index contributed by atoms with van der Waals surface area (Å²) >= 11 is 0. The Kier molecular flexibility index (Phi) is 17.1. The van der Waals surface area contributed by atoms with Crippen molar-refractivity contribution in [3.05, 3.63) is 0 Å². The van der Waals surface area contributed by atoms with Crippen LogP contribution in [-0.4, -0.2) is 91.3 Å². The lowest BCUT2D eigenvalue weighted by Gasteiger charge is -2.44. The van der Waals surface area contributed by atoms with E-state index in [0.717, 1.165) is 38.1 Å². The average Bonchev–Trinajstić information content (AvgIpc) is 2.63. The van der Waals surface area contributed by atoms with Crippen LogP contribution in [0.4, 0.5) is 0 Å². The first-order valence-electron chi connectivity index (χ1n) is 13.6. The van der Waals surface area contributed by atoms with Crippen LogP contribution in [0.2, 0.25) is 71.5 Å². The molecule has 0 aliphatic carbocycles. The Balaban J connectivity index is 5.36. The van der Waals surface area contributed by atoms with Crippen LogP contribution in [0.3, 0.4) is 0 Å². The summed E-state index contributed by atoms with van der Waals surface area (Å²) in [7, 11) is -11.7. The van der Waals surface area contributed by atoms with E-state index >= 15 is 0 Å². The number of ether oxygens (including phenoxy) is 2. The van der Waals surface area contributed by atoms with E-state index in [0.29, 0.717) is 19.4 Å². The Labute approximate surface area is 227 Å². The lowest BCUT2D eigenvalue weighted by Crippen LogP contribution is -2.62. The van der Waals surface area contributed by atoms with Gasteiger partial charge in [0.05, 0.1) is 32.2 Å². The molecule has 8 nitrogen and oxygen atoms in total. The zero-order valence-corrected chi connectivity index (χ0v) is 30.2. The summed E-state index contributed by atoms with van der Waals surface area (Å²) in [6.45, 7) is 24.6. The molecule has 0 rings (SSSR count). The van der Waals surface area contributed by atoms with Crippen molar-refractivity contribution in [2.24, 2.45) is 0 Å². The summed E-state index contributed by atoms with van der Waals surface area (Å²) in [5, 5.41) is 19.4. The van der Waals surface area contributed by atoms with E-state index < -0.39 is 48.4 Å². The highest BCUT2D eigenvalue weighted by atomic mass is 28.5. The molecule has 36 heavy (non-hydrogen) atoms. The average molecular weight is 603 g/mol. The standard InChI is InChI=1S/C23H58O8Si5/c1-12-13-14-16-23(25)21-26-18-15-20-35(10,29-33(5,6)7)31-36(11,22-27-19-17-24)30-34(8,9)28-32(2,3)4/h23-25H,12-22H2,1-11H3. The van der Waals surface area contributed by atoms with Gasteiger partial charge in [-0.25, -0.2) is 0 Å². The quantitative estimate of drug-likeness (QED) is 0.125. The summed E-state index contributed by atoms with van der Waals surface area (Å²) < 4.78 is 38.4. The van der Waals surface area contributed by atoms with E-state index in [4.69, 9.17) is 25.9 Å². The maximum absolute atomic E-state index is 10.1. The van der Waals surface area contributed by atoms with Crippen molar-refractivity contribution < 1.29 is 36.1 Å². The highest BCUT2D eigenvalue weighted by Crippen LogP contribution is 2.29. The second kappa shape index (κ2) is 16.8. The largest absolute Gasteiger partial charge is 0.437 e. The Morgan fingerprint density at radius 1 is 0.667 bits per heavy atom.